The molecule has 0 saturated carbocycles. The van der Waals surface area contributed by atoms with E-state index in [1.807, 2.05) is 0 Å². The normalized spacial score (nSPS) is 21.2. The molecule has 1 fully saturated rings. The Hall–Kier alpha value is -1.33. The number of hydrogen-bond acceptors (Lipinski definition) is 2. The second-order valence-corrected chi connectivity index (χ2v) is 5.13. The van der Waals surface area contributed by atoms with Crippen molar-refractivity contribution in [3.8, 4) is 0 Å². The summed E-state index contributed by atoms with van der Waals surface area (Å²) >= 11 is 5.69. The SMILES string of the molecule is O=C(O)N1CCCC(C(O)c2cccc(Cl)c2F)C1. The van der Waals surface area contributed by atoms with Crippen molar-refractivity contribution in [1.29, 1.82) is 0 Å². The van der Waals surface area contributed by atoms with E-state index in [2.05, 4.69) is 0 Å². The van der Waals surface area contributed by atoms with Gasteiger partial charge in [0.1, 0.15) is 5.82 Å². The van der Waals surface area contributed by atoms with Gasteiger partial charge in [0.2, 0.25) is 0 Å². The Balaban J connectivity index is 2.17. The molecular formula is C13H15ClFNO3. The molecule has 0 bridgehead atoms. The zero-order valence-electron chi connectivity index (χ0n) is 10.2. The van der Waals surface area contributed by atoms with Gasteiger partial charge in [-0.2, -0.15) is 0 Å². The van der Waals surface area contributed by atoms with Crippen LogP contribution in [-0.4, -0.2) is 34.3 Å². The van der Waals surface area contributed by atoms with Crippen LogP contribution in [0, 0.1) is 11.7 Å². The van der Waals surface area contributed by atoms with Crippen LogP contribution in [0.15, 0.2) is 18.2 Å². The molecule has 19 heavy (non-hydrogen) atoms. The van der Waals surface area contributed by atoms with Crippen LogP contribution in [-0.2, 0) is 0 Å². The van der Waals surface area contributed by atoms with Gasteiger partial charge in [-0.15, -0.1) is 0 Å². The van der Waals surface area contributed by atoms with Gasteiger partial charge in [-0.05, 0) is 18.9 Å². The van der Waals surface area contributed by atoms with E-state index in [1.165, 1.54) is 17.0 Å². The quantitative estimate of drug-likeness (QED) is 0.879. The molecule has 0 radical (unpaired) electrons. The molecule has 1 amide bonds. The maximum atomic E-state index is 13.8. The summed E-state index contributed by atoms with van der Waals surface area (Å²) in [6.45, 7) is 0.666. The fourth-order valence-corrected chi connectivity index (χ4v) is 2.63. The Morgan fingerprint density at radius 2 is 2.26 bits per heavy atom. The van der Waals surface area contributed by atoms with Gasteiger partial charge < -0.3 is 15.1 Å². The number of benzene rings is 1. The molecule has 1 saturated heterocycles. The Labute approximate surface area is 115 Å². The molecule has 1 aromatic rings. The maximum Gasteiger partial charge on any atom is 0.407 e. The summed E-state index contributed by atoms with van der Waals surface area (Å²) in [5.74, 6) is -0.943. The van der Waals surface area contributed by atoms with Crippen molar-refractivity contribution in [1.82, 2.24) is 4.90 Å². The molecule has 6 heteroatoms. The van der Waals surface area contributed by atoms with Gasteiger partial charge in [-0.3, -0.25) is 0 Å². The zero-order chi connectivity index (χ0) is 14.0. The Morgan fingerprint density at radius 3 is 2.95 bits per heavy atom. The molecular weight excluding hydrogens is 273 g/mol. The molecule has 0 aliphatic carbocycles. The number of amides is 1. The predicted octanol–water partition coefficient (Wildman–Crippen LogP) is 2.90. The van der Waals surface area contributed by atoms with E-state index < -0.39 is 18.0 Å². The summed E-state index contributed by atoms with van der Waals surface area (Å²) in [7, 11) is 0. The van der Waals surface area contributed by atoms with Crippen LogP contribution in [0.25, 0.3) is 0 Å². The summed E-state index contributed by atoms with van der Waals surface area (Å²) in [5.41, 5.74) is 0.129. The first-order valence-electron chi connectivity index (χ1n) is 6.10. The molecule has 2 rings (SSSR count). The van der Waals surface area contributed by atoms with Crippen LogP contribution >= 0.6 is 11.6 Å². The van der Waals surface area contributed by atoms with Gasteiger partial charge in [0, 0.05) is 24.6 Å². The zero-order valence-corrected chi connectivity index (χ0v) is 11.0. The third-order valence-electron chi connectivity index (χ3n) is 3.47. The van der Waals surface area contributed by atoms with Gasteiger partial charge in [-0.25, -0.2) is 9.18 Å². The molecule has 2 unspecified atom stereocenters. The minimum atomic E-state index is -1.04. The third kappa shape index (κ3) is 2.98. The van der Waals surface area contributed by atoms with Gasteiger partial charge >= 0.3 is 6.09 Å². The smallest absolute Gasteiger partial charge is 0.407 e. The van der Waals surface area contributed by atoms with Crippen LogP contribution in [0.4, 0.5) is 9.18 Å². The van der Waals surface area contributed by atoms with Crippen molar-refractivity contribution in [2.45, 2.75) is 18.9 Å². The molecule has 1 heterocycles. The standard InChI is InChI=1S/C13H15ClFNO3/c14-10-5-1-4-9(11(10)15)12(17)8-3-2-6-16(7-8)13(18)19/h1,4-5,8,12,17H,2-3,6-7H2,(H,18,19). The fourth-order valence-electron chi connectivity index (χ4n) is 2.44. The van der Waals surface area contributed by atoms with Crippen molar-refractivity contribution < 1.29 is 19.4 Å². The minimum Gasteiger partial charge on any atom is -0.465 e. The van der Waals surface area contributed by atoms with Gasteiger partial charge in [0.05, 0.1) is 11.1 Å². The van der Waals surface area contributed by atoms with Gasteiger partial charge in [0.15, 0.2) is 0 Å². The van der Waals surface area contributed by atoms with E-state index in [0.29, 0.717) is 19.4 Å². The van der Waals surface area contributed by atoms with Crippen LogP contribution in [0.5, 0.6) is 0 Å². The molecule has 0 spiro atoms. The molecule has 1 aliphatic rings. The monoisotopic (exact) mass is 287 g/mol. The first-order valence-corrected chi connectivity index (χ1v) is 6.48. The number of carboxylic acid groups (broad SMARTS) is 1. The van der Waals surface area contributed by atoms with Crippen molar-refractivity contribution in [3.63, 3.8) is 0 Å². The Morgan fingerprint density at radius 1 is 1.53 bits per heavy atom. The van der Waals surface area contributed by atoms with Crippen molar-refractivity contribution >= 4 is 17.7 Å². The maximum absolute atomic E-state index is 13.8. The summed E-state index contributed by atoms with van der Waals surface area (Å²) in [5, 5.41) is 19.1. The lowest BCUT2D eigenvalue weighted by Crippen LogP contribution is -2.41. The number of carbonyl (C=O) groups is 1. The van der Waals surface area contributed by atoms with E-state index in [1.54, 1.807) is 6.07 Å². The van der Waals surface area contributed by atoms with E-state index in [9.17, 15) is 14.3 Å². The van der Waals surface area contributed by atoms with Crippen molar-refractivity contribution in [2.24, 2.45) is 5.92 Å². The Kier molecular flexibility index (Phi) is 4.27. The summed E-state index contributed by atoms with van der Waals surface area (Å²) in [6.07, 6.45) is -0.725. The molecule has 4 nitrogen and oxygen atoms in total. The average molecular weight is 288 g/mol. The van der Waals surface area contributed by atoms with Crippen LogP contribution in [0.2, 0.25) is 5.02 Å². The van der Waals surface area contributed by atoms with Crippen LogP contribution in [0.3, 0.4) is 0 Å². The lowest BCUT2D eigenvalue weighted by molar-refractivity contribution is 0.0484. The molecule has 0 aromatic heterocycles. The second kappa shape index (κ2) is 5.75. The number of hydrogen-bond donors (Lipinski definition) is 2. The number of aliphatic hydroxyl groups is 1. The minimum absolute atomic E-state index is 0.0394. The van der Waals surface area contributed by atoms with Crippen LogP contribution < -0.4 is 0 Å². The number of rotatable bonds is 2. The predicted molar refractivity (Wildman–Crippen MR) is 68.7 cm³/mol. The fraction of sp³-hybridized carbons (Fsp3) is 0.462. The van der Waals surface area contributed by atoms with Crippen molar-refractivity contribution in [2.75, 3.05) is 13.1 Å². The molecule has 1 aliphatic heterocycles. The topological polar surface area (TPSA) is 60.8 Å². The number of likely N-dealkylation sites (tertiary alicyclic amines) is 1. The highest BCUT2D eigenvalue weighted by Gasteiger charge is 2.30. The highest BCUT2D eigenvalue weighted by atomic mass is 35.5. The first kappa shape index (κ1) is 14.1. The number of halogens is 2. The molecule has 104 valence electrons. The molecule has 2 N–H and O–H groups in total. The second-order valence-electron chi connectivity index (χ2n) is 4.72. The summed E-state index contributed by atoms with van der Waals surface area (Å²) in [6, 6.07) is 4.46. The molecule has 1 aromatic carbocycles. The summed E-state index contributed by atoms with van der Waals surface area (Å²) < 4.78 is 13.8. The van der Waals surface area contributed by atoms with E-state index in [0.717, 1.165) is 0 Å². The largest absolute Gasteiger partial charge is 0.465 e. The van der Waals surface area contributed by atoms with Gasteiger partial charge in [0.25, 0.3) is 0 Å². The highest BCUT2D eigenvalue weighted by molar-refractivity contribution is 6.30. The van der Waals surface area contributed by atoms with Gasteiger partial charge in [-0.1, -0.05) is 23.7 Å². The number of aliphatic hydroxyl groups excluding tert-OH is 1. The molecule has 2 atom stereocenters. The van der Waals surface area contributed by atoms with Crippen molar-refractivity contribution in [3.05, 3.63) is 34.6 Å². The number of piperidine rings is 1. The first-order chi connectivity index (χ1) is 9.00. The lowest BCUT2D eigenvalue weighted by atomic mass is 9.88. The summed E-state index contributed by atoms with van der Waals surface area (Å²) in [4.78, 5) is 12.2. The Bertz CT molecular complexity index is 483. The van der Waals surface area contributed by atoms with E-state index >= 15 is 0 Å². The average Bonchev–Trinajstić information content (AvgIpc) is 2.41. The van der Waals surface area contributed by atoms with E-state index in [4.69, 9.17) is 16.7 Å². The highest BCUT2D eigenvalue weighted by Crippen LogP contribution is 2.32. The number of nitrogens with zero attached hydrogens (tertiary/aromatic N) is 1. The third-order valence-corrected chi connectivity index (χ3v) is 3.77. The lowest BCUT2D eigenvalue weighted by Gasteiger charge is -2.33. The van der Waals surface area contributed by atoms with E-state index in [-0.39, 0.29) is 23.0 Å². The van der Waals surface area contributed by atoms with Crippen LogP contribution in [0.1, 0.15) is 24.5 Å².